The Bertz CT molecular complexity index is 1100. The predicted octanol–water partition coefficient (Wildman–Crippen LogP) is 5.58. The molecule has 1 amide bonds. The molecule has 5 nitrogen and oxygen atoms in total. The molecule has 3 aromatic rings. The molecule has 0 bridgehead atoms. The lowest BCUT2D eigenvalue weighted by Gasteiger charge is -2.12. The molecule has 1 N–H and O–H groups in total. The zero-order valence-corrected chi connectivity index (χ0v) is 17.8. The second kappa shape index (κ2) is 10.3. The van der Waals surface area contributed by atoms with E-state index in [0.29, 0.717) is 29.4 Å². The van der Waals surface area contributed by atoms with Gasteiger partial charge in [0.25, 0.3) is 5.91 Å². The quantitative estimate of drug-likeness (QED) is 0.367. The van der Waals surface area contributed by atoms with Crippen molar-refractivity contribution in [2.45, 2.75) is 6.61 Å². The zero-order valence-electron chi connectivity index (χ0n) is 16.3. The number of nitrogens with zero attached hydrogens (tertiary/aromatic N) is 1. The first-order valence-corrected chi connectivity index (χ1v) is 9.92. The van der Waals surface area contributed by atoms with Gasteiger partial charge in [-0.1, -0.05) is 48.5 Å². The Morgan fingerprint density at radius 2 is 1.80 bits per heavy atom. The first-order valence-electron chi connectivity index (χ1n) is 9.13. The molecule has 0 saturated carbocycles. The van der Waals surface area contributed by atoms with Crippen molar-refractivity contribution >= 4 is 33.6 Å². The van der Waals surface area contributed by atoms with Crippen molar-refractivity contribution in [2.24, 2.45) is 0 Å². The van der Waals surface area contributed by atoms with Crippen LogP contribution in [0.15, 0.2) is 82.8 Å². The van der Waals surface area contributed by atoms with E-state index >= 15 is 0 Å². The van der Waals surface area contributed by atoms with Crippen molar-refractivity contribution in [1.82, 2.24) is 0 Å². The molecular formula is C24H19BrN2O3. The summed E-state index contributed by atoms with van der Waals surface area (Å²) in [7, 11) is 1.56. The number of anilines is 1. The van der Waals surface area contributed by atoms with Crippen LogP contribution in [0.2, 0.25) is 0 Å². The summed E-state index contributed by atoms with van der Waals surface area (Å²) < 4.78 is 12.0. The zero-order chi connectivity index (χ0) is 21.3. The number of benzene rings is 3. The van der Waals surface area contributed by atoms with Gasteiger partial charge in [0.15, 0.2) is 11.5 Å². The van der Waals surface area contributed by atoms with Gasteiger partial charge in [-0.05, 0) is 57.4 Å². The van der Waals surface area contributed by atoms with Gasteiger partial charge in [0.1, 0.15) is 18.2 Å². The third kappa shape index (κ3) is 5.49. The van der Waals surface area contributed by atoms with Crippen LogP contribution < -0.4 is 14.8 Å². The Kier molecular flexibility index (Phi) is 7.25. The van der Waals surface area contributed by atoms with Crippen LogP contribution in [0.3, 0.4) is 0 Å². The molecular weight excluding hydrogens is 444 g/mol. The lowest BCUT2D eigenvalue weighted by Crippen LogP contribution is -2.13. The molecule has 0 fully saturated rings. The van der Waals surface area contributed by atoms with E-state index in [9.17, 15) is 10.1 Å². The van der Waals surface area contributed by atoms with Gasteiger partial charge in [0.2, 0.25) is 0 Å². The number of para-hydroxylation sites is 1. The molecule has 3 rings (SSSR count). The number of carbonyl (C=O) groups excluding carboxylic acids is 1. The Morgan fingerprint density at radius 3 is 2.50 bits per heavy atom. The smallest absolute Gasteiger partial charge is 0.266 e. The first kappa shape index (κ1) is 21.2. The summed E-state index contributed by atoms with van der Waals surface area (Å²) in [5, 5.41) is 12.2. The molecule has 3 aromatic carbocycles. The number of nitriles is 1. The molecule has 150 valence electrons. The van der Waals surface area contributed by atoms with E-state index in [1.807, 2.05) is 48.5 Å². The summed E-state index contributed by atoms with van der Waals surface area (Å²) in [5.74, 6) is 0.602. The van der Waals surface area contributed by atoms with Gasteiger partial charge in [-0.15, -0.1) is 0 Å². The maximum Gasteiger partial charge on any atom is 0.266 e. The van der Waals surface area contributed by atoms with Gasteiger partial charge < -0.3 is 14.8 Å². The number of ether oxygens (including phenoxy) is 2. The second-order valence-electron chi connectivity index (χ2n) is 6.29. The molecule has 0 spiro atoms. The van der Waals surface area contributed by atoms with E-state index in [4.69, 9.17) is 9.47 Å². The number of hydrogen-bond acceptors (Lipinski definition) is 4. The Labute approximate surface area is 183 Å². The lowest BCUT2D eigenvalue weighted by atomic mass is 10.1. The fraction of sp³-hybridized carbons (Fsp3) is 0.0833. The van der Waals surface area contributed by atoms with Crippen LogP contribution >= 0.6 is 15.9 Å². The maximum absolute atomic E-state index is 12.5. The van der Waals surface area contributed by atoms with E-state index in [0.717, 1.165) is 10.0 Å². The molecule has 0 aliphatic carbocycles. The average Bonchev–Trinajstić information content (AvgIpc) is 2.78. The highest BCUT2D eigenvalue weighted by Gasteiger charge is 2.12. The number of halogens is 1. The van der Waals surface area contributed by atoms with Gasteiger partial charge in [-0.3, -0.25) is 4.79 Å². The SMILES string of the molecule is COc1ccc(/C=C(/C#N)C(=O)Nc2ccccc2Br)cc1OCc1ccccc1. The number of methoxy groups -OCH3 is 1. The molecule has 0 aliphatic rings. The van der Waals surface area contributed by atoms with Crippen LogP contribution in [0.1, 0.15) is 11.1 Å². The monoisotopic (exact) mass is 462 g/mol. The maximum atomic E-state index is 12.5. The summed E-state index contributed by atoms with van der Waals surface area (Å²) >= 11 is 3.38. The second-order valence-corrected chi connectivity index (χ2v) is 7.14. The number of rotatable bonds is 7. The van der Waals surface area contributed by atoms with E-state index in [1.165, 1.54) is 6.08 Å². The molecule has 0 heterocycles. The van der Waals surface area contributed by atoms with Crippen molar-refractivity contribution in [3.05, 3.63) is 94.0 Å². The molecule has 6 heteroatoms. The predicted molar refractivity (Wildman–Crippen MR) is 120 cm³/mol. The van der Waals surface area contributed by atoms with Crippen molar-refractivity contribution < 1.29 is 14.3 Å². The Balaban J connectivity index is 1.81. The molecule has 0 radical (unpaired) electrons. The van der Waals surface area contributed by atoms with Crippen molar-refractivity contribution in [3.63, 3.8) is 0 Å². The molecule has 0 aromatic heterocycles. The van der Waals surface area contributed by atoms with E-state index in [1.54, 1.807) is 37.4 Å². The molecule has 30 heavy (non-hydrogen) atoms. The van der Waals surface area contributed by atoms with Crippen molar-refractivity contribution in [3.8, 4) is 17.6 Å². The van der Waals surface area contributed by atoms with Crippen LogP contribution in [0.25, 0.3) is 6.08 Å². The molecule has 0 saturated heterocycles. The lowest BCUT2D eigenvalue weighted by molar-refractivity contribution is -0.112. The fourth-order valence-electron chi connectivity index (χ4n) is 2.70. The first-order chi connectivity index (χ1) is 14.6. The summed E-state index contributed by atoms with van der Waals surface area (Å²) in [6.07, 6.45) is 1.51. The highest BCUT2D eigenvalue weighted by Crippen LogP contribution is 2.30. The molecule has 0 aliphatic heterocycles. The van der Waals surface area contributed by atoms with E-state index in [2.05, 4.69) is 21.2 Å². The highest BCUT2D eigenvalue weighted by molar-refractivity contribution is 9.10. The van der Waals surface area contributed by atoms with Gasteiger partial charge in [0, 0.05) is 4.47 Å². The third-order valence-corrected chi connectivity index (χ3v) is 4.91. The van der Waals surface area contributed by atoms with E-state index in [-0.39, 0.29) is 5.57 Å². The largest absolute Gasteiger partial charge is 0.493 e. The summed E-state index contributed by atoms with van der Waals surface area (Å²) in [6, 6.07) is 24.2. The van der Waals surface area contributed by atoms with Gasteiger partial charge >= 0.3 is 0 Å². The van der Waals surface area contributed by atoms with Gasteiger partial charge in [0.05, 0.1) is 12.8 Å². The van der Waals surface area contributed by atoms with Gasteiger partial charge in [-0.2, -0.15) is 5.26 Å². The topological polar surface area (TPSA) is 71.3 Å². The summed E-state index contributed by atoms with van der Waals surface area (Å²) in [6.45, 7) is 0.373. The van der Waals surface area contributed by atoms with Crippen LogP contribution in [0.5, 0.6) is 11.5 Å². The summed E-state index contributed by atoms with van der Waals surface area (Å²) in [5.41, 5.74) is 2.24. The highest BCUT2D eigenvalue weighted by atomic mass is 79.9. The van der Waals surface area contributed by atoms with Crippen molar-refractivity contribution in [2.75, 3.05) is 12.4 Å². The van der Waals surface area contributed by atoms with Crippen LogP contribution in [-0.2, 0) is 11.4 Å². The average molecular weight is 463 g/mol. The minimum Gasteiger partial charge on any atom is -0.493 e. The molecule has 0 unspecified atom stereocenters. The van der Waals surface area contributed by atoms with Crippen LogP contribution in [0, 0.1) is 11.3 Å². The number of carbonyl (C=O) groups is 1. The van der Waals surface area contributed by atoms with Crippen molar-refractivity contribution in [1.29, 1.82) is 5.26 Å². The Hall–Kier alpha value is -3.56. The van der Waals surface area contributed by atoms with Crippen LogP contribution in [-0.4, -0.2) is 13.0 Å². The number of amides is 1. The standard InChI is InChI=1S/C24H19BrN2O3/c1-29-22-12-11-18(14-23(22)30-16-17-7-3-2-4-8-17)13-19(15-26)24(28)27-21-10-6-5-9-20(21)25/h2-14H,16H2,1H3,(H,27,28)/b19-13-. The fourth-order valence-corrected chi connectivity index (χ4v) is 3.08. The third-order valence-electron chi connectivity index (χ3n) is 4.22. The normalized spacial score (nSPS) is 10.8. The number of nitrogens with one attached hydrogen (secondary N) is 1. The van der Waals surface area contributed by atoms with E-state index < -0.39 is 5.91 Å². The minimum absolute atomic E-state index is 0.0232. The minimum atomic E-state index is -0.494. The van der Waals surface area contributed by atoms with Crippen LogP contribution in [0.4, 0.5) is 5.69 Å². The molecule has 0 atom stereocenters. The summed E-state index contributed by atoms with van der Waals surface area (Å²) in [4.78, 5) is 12.5. The van der Waals surface area contributed by atoms with Gasteiger partial charge in [-0.25, -0.2) is 0 Å². The number of hydrogen-bond donors (Lipinski definition) is 1. The Morgan fingerprint density at radius 1 is 1.07 bits per heavy atom.